The highest BCUT2D eigenvalue weighted by Crippen LogP contribution is 2.42. The summed E-state index contributed by atoms with van der Waals surface area (Å²) in [7, 11) is 0. The third-order valence-corrected chi connectivity index (χ3v) is 8.03. The molecule has 7 nitrogen and oxygen atoms in total. The van der Waals surface area contributed by atoms with Crippen molar-refractivity contribution in [3.05, 3.63) is 75.8 Å². The largest absolute Gasteiger partial charge is 0.489 e. The van der Waals surface area contributed by atoms with Crippen molar-refractivity contribution in [3.8, 4) is 5.75 Å². The smallest absolute Gasteiger partial charge is 0.270 e. The Morgan fingerprint density at radius 2 is 2.03 bits per heavy atom. The van der Waals surface area contributed by atoms with Gasteiger partial charge in [-0.15, -0.1) is 11.8 Å². The van der Waals surface area contributed by atoms with Crippen LogP contribution in [0.5, 0.6) is 5.75 Å². The molecule has 1 amide bonds. The second kappa shape index (κ2) is 9.46. The number of hydrogen-bond donors (Lipinski definition) is 2. The van der Waals surface area contributed by atoms with Crippen molar-refractivity contribution in [2.24, 2.45) is 0 Å². The van der Waals surface area contributed by atoms with Crippen molar-refractivity contribution in [2.45, 2.75) is 30.7 Å². The molecule has 0 spiro atoms. The van der Waals surface area contributed by atoms with Crippen molar-refractivity contribution >= 4 is 35.2 Å². The van der Waals surface area contributed by atoms with Gasteiger partial charge in [0, 0.05) is 18.0 Å². The Morgan fingerprint density at radius 1 is 1.16 bits per heavy atom. The van der Waals surface area contributed by atoms with Crippen LogP contribution in [0.4, 0.5) is 5.82 Å². The maximum absolute atomic E-state index is 13.1. The van der Waals surface area contributed by atoms with Crippen molar-refractivity contribution in [3.63, 3.8) is 0 Å². The molecule has 166 valence electrons. The summed E-state index contributed by atoms with van der Waals surface area (Å²) in [5, 5.41) is 5.76. The third-order valence-electron chi connectivity index (χ3n) is 5.71. The summed E-state index contributed by atoms with van der Waals surface area (Å²) >= 11 is 3.40. The Morgan fingerprint density at radius 3 is 2.84 bits per heavy atom. The SMILES string of the molecule is O=C1CS[C@H](c2cccc(OCc3cccnc3)c2)c2c(n(C3CCSCC3)[nH]c2=O)N1. The van der Waals surface area contributed by atoms with E-state index in [1.54, 1.807) is 12.4 Å². The number of nitrogens with one attached hydrogen (secondary N) is 2. The molecule has 32 heavy (non-hydrogen) atoms. The number of H-pyrrole nitrogens is 1. The van der Waals surface area contributed by atoms with Gasteiger partial charge in [-0.05, 0) is 48.1 Å². The number of ether oxygens (including phenoxy) is 1. The van der Waals surface area contributed by atoms with Crippen LogP contribution in [-0.4, -0.2) is 37.9 Å². The molecule has 9 heteroatoms. The van der Waals surface area contributed by atoms with E-state index in [9.17, 15) is 9.59 Å². The van der Waals surface area contributed by atoms with Crippen molar-refractivity contribution in [1.29, 1.82) is 0 Å². The lowest BCUT2D eigenvalue weighted by Gasteiger charge is -2.24. The Labute approximate surface area is 194 Å². The number of hydrogen-bond acceptors (Lipinski definition) is 6. The Hall–Kier alpha value is -2.65. The first-order valence-electron chi connectivity index (χ1n) is 10.6. The first-order chi connectivity index (χ1) is 15.7. The van der Waals surface area contributed by atoms with Gasteiger partial charge in [-0.1, -0.05) is 18.2 Å². The molecule has 1 aromatic carbocycles. The Balaban J connectivity index is 1.46. The van der Waals surface area contributed by atoms with Crippen molar-refractivity contribution in [1.82, 2.24) is 14.8 Å². The fourth-order valence-corrected chi connectivity index (χ4v) is 6.34. The predicted octanol–water partition coefficient (Wildman–Crippen LogP) is 3.99. The number of pyridine rings is 1. The summed E-state index contributed by atoms with van der Waals surface area (Å²) < 4.78 is 7.87. The van der Waals surface area contributed by atoms with Crippen molar-refractivity contribution in [2.75, 3.05) is 22.6 Å². The monoisotopic (exact) mass is 468 g/mol. The van der Waals surface area contributed by atoms with E-state index >= 15 is 0 Å². The normalized spacial score (nSPS) is 19.1. The Kier molecular flexibility index (Phi) is 6.27. The van der Waals surface area contributed by atoms with E-state index in [1.807, 2.05) is 52.8 Å². The first-order valence-corrected chi connectivity index (χ1v) is 12.8. The molecule has 2 aliphatic rings. The lowest BCUT2D eigenvalue weighted by Crippen LogP contribution is -2.22. The standard InChI is InChI=1S/C23H24N4O3S2/c28-19-14-32-21(16-4-1-5-18(11-16)30-13-15-3-2-8-24-12-15)20-22(25-19)27(26-23(20)29)17-6-9-31-10-7-17/h1-5,8,11-12,17,21H,6-7,9-10,13-14H2,(H,25,28)(H,26,29)/t21-/m1/s1. The number of amides is 1. The molecule has 2 N–H and O–H groups in total. The van der Waals surface area contributed by atoms with Gasteiger partial charge < -0.3 is 10.1 Å². The maximum atomic E-state index is 13.1. The van der Waals surface area contributed by atoms with E-state index < -0.39 is 0 Å². The number of aromatic amines is 1. The number of aromatic nitrogens is 3. The minimum atomic E-state index is -0.256. The van der Waals surface area contributed by atoms with E-state index in [2.05, 4.69) is 15.4 Å². The van der Waals surface area contributed by atoms with Gasteiger partial charge in [0.25, 0.3) is 5.56 Å². The number of thioether (sulfide) groups is 2. The van der Waals surface area contributed by atoms with Crippen LogP contribution in [0.15, 0.2) is 53.6 Å². The molecule has 0 bridgehead atoms. The summed E-state index contributed by atoms with van der Waals surface area (Å²) in [5.74, 6) is 3.66. The highest BCUT2D eigenvalue weighted by Gasteiger charge is 2.32. The molecule has 1 saturated heterocycles. The highest BCUT2D eigenvalue weighted by atomic mass is 32.2. The van der Waals surface area contributed by atoms with Crippen LogP contribution >= 0.6 is 23.5 Å². The summed E-state index contributed by atoms with van der Waals surface area (Å²) in [6.07, 6.45) is 5.47. The molecule has 1 fully saturated rings. The van der Waals surface area contributed by atoms with Gasteiger partial charge in [-0.2, -0.15) is 11.8 Å². The molecule has 4 heterocycles. The van der Waals surface area contributed by atoms with E-state index in [1.165, 1.54) is 11.8 Å². The van der Waals surface area contributed by atoms with Crippen LogP contribution in [-0.2, 0) is 11.4 Å². The zero-order valence-electron chi connectivity index (χ0n) is 17.5. The summed E-state index contributed by atoms with van der Waals surface area (Å²) in [4.78, 5) is 29.7. The molecule has 1 atom stereocenters. The van der Waals surface area contributed by atoms with Crippen LogP contribution in [0.1, 0.15) is 40.8 Å². The minimum absolute atomic E-state index is 0.0827. The lowest BCUT2D eigenvalue weighted by molar-refractivity contribution is -0.113. The van der Waals surface area contributed by atoms with Crippen LogP contribution in [0, 0.1) is 0 Å². The van der Waals surface area contributed by atoms with Gasteiger partial charge in [0.05, 0.1) is 22.6 Å². The molecule has 5 rings (SSSR count). The fourth-order valence-electron chi connectivity index (χ4n) is 4.14. The van der Waals surface area contributed by atoms with Gasteiger partial charge in [0.1, 0.15) is 18.2 Å². The van der Waals surface area contributed by atoms with E-state index in [0.29, 0.717) is 23.7 Å². The number of anilines is 1. The molecule has 0 saturated carbocycles. The van der Waals surface area contributed by atoms with Gasteiger partial charge in [0.15, 0.2) is 0 Å². The average molecular weight is 469 g/mol. The molecular weight excluding hydrogens is 444 g/mol. The highest BCUT2D eigenvalue weighted by molar-refractivity contribution is 8.00. The van der Waals surface area contributed by atoms with Crippen LogP contribution < -0.4 is 15.6 Å². The van der Waals surface area contributed by atoms with Gasteiger partial charge in [-0.3, -0.25) is 24.4 Å². The zero-order chi connectivity index (χ0) is 21.9. The summed E-state index contributed by atoms with van der Waals surface area (Å²) in [5.41, 5.74) is 2.40. The lowest BCUT2D eigenvalue weighted by atomic mass is 10.1. The van der Waals surface area contributed by atoms with Gasteiger partial charge >= 0.3 is 0 Å². The number of fused-ring (bicyclic) bond motifs is 1. The zero-order valence-corrected chi connectivity index (χ0v) is 19.1. The molecule has 3 aromatic rings. The number of rotatable bonds is 5. The molecule has 0 aliphatic carbocycles. The topological polar surface area (TPSA) is 89.0 Å². The van der Waals surface area contributed by atoms with Gasteiger partial charge in [0.2, 0.25) is 5.91 Å². The average Bonchev–Trinajstić information content (AvgIpc) is 3.04. The third kappa shape index (κ3) is 4.45. The van der Waals surface area contributed by atoms with E-state index in [0.717, 1.165) is 41.2 Å². The van der Waals surface area contributed by atoms with E-state index in [4.69, 9.17) is 4.74 Å². The fraction of sp³-hybridized carbons (Fsp3) is 0.348. The second-order valence-electron chi connectivity index (χ2n) is 7.88. The number of nitrogens with zero attached hydrogens (tertiary/aromatic N) is 2. The van der Waals surface area contributed by atoms with Crippen LogP contribution in [0.25, 0.3) is 0 Å². The second-order valence-corrected chi connectivity index (χ2v) is 10.2. The van der Waals surface area contributed by atoms with E-state index in [-0.39, 0.29) is 22.8 Å². The molecule has 0 radical (unpaired) electrons. The quantitative estimate of drug-likeness (QED) is 0.589. The summed E-state index contributed by atoms with van der Waals surface area (Å²) in [6, 6.07) is 11.8. The number of carbonyl (C=O) groups is 1. The minimum Gasteiger partial charge on any atom is -0.489 e. The molecule has 2 aromatic heterocycles. The van der Waals surface area contributed by atoms with Gasteiger partial charge in [-0.25, -0.2) is 0 Å². The number of benzene rings is 1. The van der Waals surface area contributed by atoms with Crippen molar-refractivity contribution < 1.29 is 9.53 Å². The van der Waals surface area contributed by atoms with Crippen LogP contribution in [0.3, 0.4) is 0 Å². The summed E-state index contributed by atoms with van der Waals surface area (Å²) in [6.45, 7) is 0.414. The first kappa shape index (κ1) is 21.2. The maximum Gasteiger partial charge on any atom is 0.270 e. The van der Waals surface area contributed by atoms with Crippen LogP contribution in [0.2, 0.25) is 0 Å². The molecular formula is C23H24N4O3S2. The molecule has 0 unspecified atom stereocenters. The number of carbonyl (C=O) groups excluding carboxylic acids is 1. The molecule has 2 aliphatic heterocycles. The Bertz CT molecular complexity index is 1160. The predicted molar refractivity (Wildman–Crippen MR) is 129 cm³/mol.